The number of nitrogens with zero attached hydrogens (tertiary/aromatic N) is 3. The molecule has 9 heteroatoms. The first-order valence-electron chi connectivity index (χ1n) is 6.36. The molecule has 20 heavy (non-hydrogen) atoms. The molecule has 0 aromatic carbocycles. The van der Waals surface area contributed by atoms with Gasteiger partial charge in [-0.1, -0.05) is 6.92 Å². The normalized spacial score (nSPS) is 21.6. The number of fused-ring (bicyclic) bond motifs is 1. The minimum Gasteiger partial charge on any atom is -0.381 e. The first-order chi connectivity index (χ1) is 9.54. The number of aromatic nitrogens is 2. The molecule has 2 N–H and O–H groups in total. The average Bonchev–Trinajstić information content (AvgIpc) is 2.98. The molecule has 2 aromatic heterocycles. The number of anilines is 1. The zero-order valence-electron chi connectivity index (χ0n) is 11.0. The van der Waals surface area contributed by atoms with Crippen molar-refractivity contribution < 1.29 is 13.2 Å². The second-order valence-electron chi connectivity index (χ2n) is 4.62. The monoisotopic (exact) mass is 316 g/mol. The van der Waals surface area contributed by atoms with Gasteiger partial charge < -0.3 is 10.5 Å². The molecule has 0 bridgehead atoms. The quantitative estimate of drug-likeness (QED) is 0.903. The van der Waals surface area contributed by atoms with E-state index in [2.05, 4.69) is 4.98 Å². The van der Waals surface area contributed by atoms with Gasteiger partial charge in [-0.3, -0.25) is 4.40 Å². The van der Waals surface area contributed by atoms with E-state index in [0.717, 1.165) is 6.42 Å². The highest BCUT2D eigenvalue weighted by Gasteiger charge is 2.34. The van der Waals surface area contributed by atoms with Gasteiger partial charge in [-0.2, -0.15) is 4.31 Å². The minimum atomic E-state index is -3.65. The molecule has 2 aromatic rings. The van der Waals surface area contributed by atoms with Crippen LogP contribution in [0.5, 0.6) is 0 Å². The molecule has 0 spiro atoms. The lowest BCUT2D eigenvalue weighted by molar-refractivity contribution is -0.00284. The zero-order valence-corrected chi connectivity index (χ0v) is 12.7. The van der Waals surface area contributed by atoms with Crippen LogP contribution < -0.4 is 5.73 Å². The number of sulfonamides is 1. The van der Waals surface area contributed by atoms with Gasteiger partial charge in [0.05, 0.1) is 12.7 Å². The molecule has 1 aliphatic rings. The van der Waals surface area contributed by atoms with Crippen molar-refractivity contribution in [3.63, 3.8) is 0 Å². The second kappa shape index (κ2) is 4.99. The number of nitrogens with two attached hydrogens (primary N) is 1. The Morgan fingerprint density at radius 1 is 1.60 bits per heavy atom. The van der Waals surface area contributed by atoms with Crippen molar-refractivity contribution >= 4 is 32.1 Å². The number of morpholine rings is 1. The maximum atomic E-state index is 12.8. The van der Waals surface area contributed by atoms with Gasteiger partial charge in [0.15, 0.2) is 15.8 Å². The van der Waals surface area contributed by atoms with Crippen LogP contribution >= 0.6 is 11.3 Å². The van der Waals surface area contributed by atoms with Gasteiger partial charge in [0, 0.05) is 24.7 Å². The second-order valence-corrected chi connectivity index (χ2v) is 7.35. The molecule has 0 amide bonds. The molecule has 1 atom stereocenters. The molecule has 3 heterocycles. The lowest BCUT2D eigenvalue weighted by atomic mass is 10.2. The number of rotatable bonds is 3. The van der Waals surface area contributed by atoms with Crippen LogP contribution in [0, 0.1) is 0 Å². The maximum Gasteiger partial charge on any atom is 0.263 e. The van der Waals surface area contributed by atoms with Crippen molar-refractivity contribution in [3.8, 4) is 0 Å². The fraction of sp³-hybridized carbons (Fsp3) is 0.545. The van der Waals surface area contributed by atoms with Gasteiger partial charge in [0.25, 0.3) is 10.0 Å². The Kier molecular flexibility index (Phi) is 3.44. The van der Waals surface area contributed by atoms with E-state index in [9.17, 15) is 8.42 Å². The van der Waals surface area contributed by atoms with Crippen molar-refractivity contribution in [1.82, 2.24) is 13.7 Å². The molecule has 110 valence electrons. The third-order valence-corrected chi connectivity index (χ3v) is 6.05. The highest BCUT2D eigenvalue weighted by Crippen LogP contribution is 2.27. The summed E-state index contributed by atoms with van der Waals surface area (Å²) in [5, 5.41) is 1.85. The summed E-state index contributed by atoms with van der Waals surface area (Å²) in [7, 11) is -3.65. The zero-order chi connectivity index (χ0) is 14.3. The van der Waals surface area contributed by atoms with Gasteiger partial charge in [-0.25, -0.2) is 13.4 Å². The molecule has 1 aliphatic heterocycles. The number of ether oxygens (including phenoxy) is 1. The fourth-order valence-electron chi connectivity index (χ4n) is 2.32. The Bertz CT molecular complexity index is 721. The fourth-order valence-corrected chi connectivity index (χ4v) is 4.72. The van der Waals surface area contributed by atoms with Crippen LogP contribution in [0.2, 0.25) is 0 Å². The molecule has 1 unspecified atom stereocenters. The van der Waals surface area contributed by atoms with E-state index in [1.807, 2.05) is 6.92 Å². The van der Waals surface area contributed by atoms with Crippen LogP contribution in [-0.4, -0.2) is 47.9 Å². The highest BCUT2D eigenvalue weighted by atomic mass is 32.2. The largest absolute Gasteiger partial charge is 0.381 e. The first-order valence-corrected chi connectivity index (χ1v) is 8.68. The lowest BCUT2D eigenvalue weighted by Gasteiger charge is -2.31. The number of hydrogen-bond acceptors (Lipinski definition) is 6. The van der Waals surface area contributed by atoms with Crippen LogP contribution in [0.3, 0.4) is 0 Å². The Morgan fingerprint density at radius 3 is 3.15 bits per heavy atom. The van der Waals surface area contributed by atoms with Gasteiger partial charge in [0.2, 0.25) is 0 Å². The summed E-state index contributed by atoms with van der Waals surface area (Å²) >= 11 is 1.35. The summed E-state index contributed by atoms with van der Waals surface area (Å²) in [6.07, 6.45) is 2.39. The van der Waals surface area contributed by atoms with Crippen LogP contribution in [0.4, 0.5) is 5.82 Å². The van der Waals surface area contributed by atoms with E-state index in [-0.39, 0.29) is 16.9 Å². The van der Waals surface area contributed by atoms with E-state index in [1.165, 1.54) is 20.0 Å². The van der Waals surface area contributed by atoms with Crippen LogP contribution in [0.25, 0.3) is 4.96 Å². The summed E-state index contributed by atoms with van der Waals surface area (Å²) in [5.41, 5.74) is 5.80. The van der Waals surface area contributed by atoms with E-state index >= 15 is 0 Å². The Balaban J connectivity index is 2.03. The van der Waals surface area contributed by atoms with Crippen molar-refractivity contribution in [2.75, 3.05) is 25.4 Å². The average molecular weight is 316 g/mol. The predicted molar refractivity (Wildman–Crippen MR) is 76.3 cm³/mol. The maximum absolute atomic E-state index is 12.8. The Hall–Kier alpha value is -1.16. The predicted octanol–water partition coefficient (Wildman–Crippen LogP) is 0.778. The molecular formula is C11H16N4O3S2. The number of hydrogen-bond donors (Lipinski definition) is 1. The smallest absolute Gasteiger partial charge is 0.263 e. The lowest BCUT2D eigenvalue weighted by Crippen LogP contribution is -2.45. The summed E-state index contributed by atoms with van der Waals surface area (Å²) in [4.78, 5) is 4.68. The highest BCUT2D eigenvalue weighted by molar-refractivity contribution is 7.89. The molecule has 0 saturated carbocycles. The molecule has 7 nitrogen and oxygen atoms in total. The minimum absolute atomic E-state index is 0.0522. The number of nitrogen functional groups attached to an aromatic ring is 1. The summed E-state index contributed by atoms with van der Waals surface area (Å²) in [5.74, 6) is 0.0522. The summed E-state index contributed by atoms with van der Waals surface area (Å²) in [6.45, 7) is 3.08. The van der Waals surface area contributed by atoms with Crippen molar-refractivity contribution in [2.24, 2.45) is 0 Å². The van der Waals surface area contributed by atoms with E-state index < -0.39 is 10.0 Å². The molecule has 3 rings (SSSR count). The molecule has 0 radical (unpaired) electrons. The van der Waals surface area contributed by atoms with E-state index in [1.54, 1.807) is 11.6 Å². The van der Waals surface area contributed by atoms with Crippen molar-refractivity contribution in [3.05, 3.63) is 11.6 Å². The first kappa shape index (κ1) is 13.8. The van der Waals surface area contributed by atoms with E-state index in [0.29, 0.717) is 24.7 Å². The van der Waals surface area contributed by atoms with Gasteiger partial charge >= 0.3 is 0 Å². The van der Waals surface area contributed by atoms with Crippen molar-refractivity contribution in [2.45, 2.75) is 24.5 Å². The SMILES string of the molecule is CCC1CN(S(=O)(=O)c2c(N)nc3sccn23)CCO1. The number of thiazole rings is 1. The third-order valence-electron chi connectivity index (χ3n) is 3.38. The van der Waals surface area contributed by atoms with Gasteiger partial charge in [0.1, 0.15) is 0 Å². The number of imidazole rings is 1. The third kappa shape index (κ3) is 2.10. The van der Waals surface area contributed by atoms with Crippen LogP contribution in [-0.2, 0) is 14.8 Å². The topological polar surface area (TPSA) is 89.9 Å². The van der Waals surface area contributed by atoms with Crippen molar-refractivity contribution in [1.29, 1.82) is 0 Å². The molecular weight excluding hydrogens is 300 g/mol. The van der Waals surface area contributed by atoms with Gasteiger partial charge in [-0.15, -0.1) is 11.3 Å². The van der Waals surface area contributed by atoms with Crippen LogP contribution in [0.1, 0.15) is 13.3 Å². The molecule has 1 saturated heterocycles. The van der Waals surface area contributed by atoms with Crippen LogP contribution in [0.15, 0.2) is 16.6 Å². The molecule has 1 fully saturated rings. The Morgan fingerprint density at radius 2 is 2.40 bits per heavy atom. The van der Waals surface area contributed by atoms with E-state index in [4.69, 9.17) is 10.5 Å². The Labute approximate surface area is 121 Å². The van der Waals surface area contributed by atoms with Gasteiger partial charge in [-0.05, 0) is 6.42 Å². The molecule has 0 aliphatic carbocycles. The summed E-state index contributed by atoms with van der Waals surface area (Å²) in [6, 6.07) is 0. The standard InChI is InChI=1S/C11H16N4O3S2/c1-2-8-7-14(3-5-18-8)20(16,17)10-9(12)13-11-15(10)4-6-19-11/h4,6,8H,2-3,5,7,12H2,1H3. The summed E-state index contributed by atoms with van der Waals surface area (Å²) < 4.78 is 34.0.